The Kier molecular flexibility index (Phi) is 4.67. The van der Waals surface area contributed by atoms with Gasteiger partial charge >= 0.3 is 5.69 Å². The maximum Gasteiger partial charge on any atom is 0.306 e. The van der Waals surface area contributed by atoms with Crippen LogP contribution in [-0.2, 0) is 11.3 Å². The van der Waals surface area contributed by atoms with Crippen molar-refractivity contribution in [2.45, 2.75) is 19.1 Å². The molecule has 0 saturated carbocycles. The van der Waals surface area contributed by atoms with E-state index >= 15 is 0 Å². The van der Waals surface area contributed by atoms with Crippen LogP contribution in [0.3, 0.4) is 0 Å². The lowest BCUT2D eigenvalue weighted by molar-refractivity contribution is -0.385. The number of aromatic nitrogens is 2. The molecule has 0 radical (unpaired) electrons. The zero-order valence-corrected chi connectivity index (χ0v) is 11.0. The number of rotatable bonds is 7. The van der Waals surface area contributed by atoms with Crippen molar-refractivity contribution in [1.82, 2.24) is 15.1 Å². The summed E-state index contributed by atoms with van der Waals surface area (Å²) in [6, 6.07) is 3.25. The normalized spacial score (nSPS) is 12.0. The molecule has 0 spiro atoms. The zero-order valence-electron chi connectivity index (χ0n) is 11.0. The zero-order chi connectivity index (χ0) is 15.2. The van der Waals surface area contributed by atoms with E-state index in [1.165, 1.54) is 17.1 Å². The Morgan fingerprint density at radius 1 is 1.62 bits per heavy atom. The number of nitrogens with zero attached hydrogens (tertiary/aromatic N) is 3. The third-order valence-corrected chi connectivity index (χ3v) is 2.76. The van der Waals surface area contributed by atoms with Crippen LogP contribution in [-0.4, -0.2) is 32.3 Å². The molecule has 2 rings (SSSR count). The second kappa shape index (κ2) is 6.66. The van der Waals surface area contributed by atoms with Crippen molar-refractivity contribution in [2.24, 2.45) is 0 Å². The summed E-state index contributed by atoms with van der Waals surface area (Å²) in [4.78, 5) is 21.5. The predicted octanol–water partition coefficient (Wildman–Crippen LogP) is 0.624. The second-order valence-corrected chi connectivity index (χ2v) is 4.30. The SMILES string of the molecule is O=C(CCn1cc([N+](=O)[O-])cn1)NCC(O)c1ccco1. The molecule has 0 aliphatic rings. The number of hydrogen-bond acceptors (Lipinski definition) is 6. The molecule has 1 amide bonds. The minimum absolute atomic E-state index is 0.0333. The summed E-state index contributed by atoms with van der Waals surface area (Å²) in [5.74, 6) is 0.0803. The second-order valence-electron chi connectivity index (χ2n) is 4.30. The molecule has 2 heterocycles. The number of aryl methyl sites for hydroxylation is 1. The van der Waals surface area contributed by atoms with Gasteiger partial charge in [-0.05, 0) is 12.1 Å². The number of carbonyl (C=O) groups is 1. The summed E-state index contributed by atoms with van der Waals surface area (Å²) in [6.07, 6.45) is 3.01. The standard InChI is InChI=1S/C12H14N4O5/c17-10(11-2-1-5-21-11)7-13-12(18)3-4-15-8-9(6-14-15)16(19)20/h1-2,5-6,8,10,17H,3-4,7H2,(H,13,18). The molecule has 0 aliphatic heterocycles. The third kappa shape index (κ3) is 4.14. The van der Waals surface area contributed by atoms with Gasteiger partial charge in [-0.2, -0.15) is 5.10 Å². The summed E-state index contributed by atoms with van der Waals surface area (Å²) in [7, 11) is 0. The quantitative estimate of drug-likeness (QED) is 0.570. The molecule has 2 N–H and O–H groups in total. The fourth-order valence-corrected chi connectivity index (χ4v) is 1.67. The first-order chi connectivity index (χ1) is 10.1. The molecule has 2 aromatic heterocycles. The molecular formula is C12H14N4O5. The largest absolute Gasteiger partial charge is 0.467 e. The summed E-state index contributed by atoms with van der Waals surface area (Å²) in [6.45, 7) is 0.252. The maximum absolute atomic E-state index is 11.6. The van der Waals surface area contributed by atoms with Crippen molar-refractivity contribution < 1.29 is 19.2 Å². The fourth-order valence-electron chi connectivity index (χ4n) is 1.67. The maximum atomic E-state index is 11.6. The molecule has 1 atom stereocenters. The summed E-state index contributed by atoms with van der Waals surface area (Å²) in [5, 5.41) is 26.5. The van der Waals surface area contributed by atoms with Gasteiger partial charge in [0, 0.05) is 13.0 Å². The lowest BCUT2D eigenvalue weighted by Crippen LogP contribution is -2.29. The van der Waals surface area contributed by atoms with Crippen LogP contribution in [0.2, 0.25) is 0 Å². The smallest absolute Gasteiger partial charge is 0.306 e. The molecule has 0 aromatic carbocycles. The molecule has 0 bridgehead atoms. The third-order valence-electron chi connectivity index (χ3n) is 2.76. The Balaban J connectivity index is 1.73. The predicted molar refractivity (Wildman–Crippen MR) is 70.2 cm³/mol. The van der Waals surface area contributed by atoms with Crippen molar-refractivity contribution in [2.75, 3.05) is 6.54 Å². The van der Waals surface area contributed by atoms with Gasteiger partial charge in [0.15, 0.2) is 0 Å². The van der Waals surface area contributed by atoms with Crippen LogP contribution in [0, 0.1) is 10.1 Å². The number of furan rings is 1. The molecule has 9 nitrogen and oxygen atoms in total. The summed E-state index contributed by atoms with van der Waals surface area (Å²) in [5.41, 5.74) is -0.122. The highest BCUT2D eigenvalue weighted by atomic mass is 16.6. The van der Waals surface area contributed by atoms with Crippen molar-refractivity contribution in [3.05, 3.63) is 46.7 Å². The van der Waals surface area contributed by atoms with Gasteiger partial charge in [-0.3, -0.25) is 19.6 Å². The Hall–Kier alpha value is -2.68. The molecular weight excluding hydrogens is 280 g/mol. The molecule has 0 aliphatic carbocycles. The molecule has 21 heavy (non-hydrogen) atoms. The summed E-state index contributed by atoms with van der Waals surface area (Å²) >= 11 is 0. The van der Waals surface area contributed by atoms with Gasteiger partial charge < -0.3 is 14.8 Å². The van der Waals surface area contributed by atoms with E-state index in [9.17, 15) is 20.0 Å². The molecule has 2 aromatic rings. The average molecular weight is 294 g/mol. The highest BCUT2D eigenvalue weighted by molar-refractivity contribution is 5.75. The van der Waals surface area contributed by atoms with Gasteiger partial charge in [0.25, 0.3) is 0 Å². The van der Waals surface area contributed by atoms with Crippen LogP contribution in [0.1, 0.15) is 18.3 Å². The highest BCUT2D eigenvalue weighted by Gasteiger charge is 2.13. The number of carbonyl (C=O) groups excluding carboxylic acids is 1. The summed E-state index contributed by atoms with van der Waals surface area (Å²) < 4.78 is 6.32. The van der Waals surface area contributed by atoms with E-state index < -0.39 is 11.0 Å². The van der Waals surface area contributed by atoms with Gasteiger partial charge in [0.05, 0.1) is 17.7 Å². The Morgan fingerprint density at radius 2 is 2.43 bits per heavy atom. The van der Waals surface area contributed by atoms with Gasteiger partial charge in [-0.25, -0.2) is 0 Å². The van der Waals surface area contributed by atoms with Crippen LogP contribution in [0.25, 0.3) is 0 Å². The first-order valence-corrected chi connectivity index (χ1v) is 6.21. The van der Waals surface area contributed by atoms with Crippen LogP contribution < -0.4 is 5.32 Å². The number of aliphatic hydroxyl groups is 1. The monoisotopic (exact) mass is 294 g/mol. The van der Waals surface area contributed by atoms with Crippen molar-refractivity contribution in [3.63, 3.8) is 0 Å². The van der Waals surface area contributed by atoms with Gasteiger partial charge in [-0.1, -0.05) is 0 Å². The number of nitrogens with one attached hydrogen (secondary N) is 1. The van der Waals surface area contributed by atoms with Gasteiger partial charge in [0.1, 0.15) is 24.3 Å². The number of amides is 1. The van der Waals surface area contributed by atoms with E-state index in [4.69, 9.17) is 4.42 Å². The molecule has 0 fully saturated rings. The fraction of sp³-hybridized carbons (Fsp3) is 0.333. The van der Waals surface area contributed by atoms with E-state index in [0.29, 0.717) is 5.76 Å². The first kappa shape index (κ1) is 14.7. The van der Waals surface area contributed by atoms with E-state index in [0.717, 1.165) is 6.20 Å². The molecule has 9 heteroatoms. The van der Waals surface area contributed by atoms with Crippen LogP contribution >= 0.6 is 0 Å². The Bertz CT molecular complexity index is 607. The topological polar surface area (TPSA) is 123 Å². The number of hydrogen-bond donors (Lipinski definition) is 2. The molecule has 0 saturated heterocycles. The molecule has 112 valence electrons. The van der Waals surface area contributed by atoms with Crippen LogP contribution in [0.5, 0.6) is 0 Å². The van der Waals surface area contributed by atoms with Crippen LogP contribution in [0.4, 0.5) is 5.69 Å². The van der Waals surface area contributed by atoms with Crippen molar-refractivity contribution in [3.8, 4) is 0 Å². The minimum atomic E-state index is -0.908. The van der Waals surface area contributed by atoms with Gasteiger partial charge in [0.2, 0.25) is 5.91 Å². The number of nitro groups is 1. The molecule has 1 unspecified atom stereocenters. The lowest BCUT2D eigenvalue weighted by atomic mass is 10.2. The van der Waals surface area contributed by atoms with E-state index in [-0.39, 0.29) is 31.1 Å². The van der Waals surface area contributed by atoms with E-state index in [1.807, 2.05) is 0 Å². The van der Waals surface area contributed by atoms with Crippen LogP contribution in [0.15, 0.2) is 35.2 Å². The van der Waals surface area contributed by atoms with Gasteiger partial charge in [-0.15, -0.1) is 0 Å². The van der Waals surface area contributed by atoms with Crippen molar-refractivity contribution >= 4 is 11.6 Å². The van der Waals surface area contributed by atoms with E-state index in [1.54, 1.807) is 12.1 Å². The highest BCUT2D eigenvalue weighted by Crippen LogP contribution is 2.11. The first-order valence-electron chi connectivity index (χ1n) is 6.21. The number of aliphatic hydroxyl groups excluding tert-OH is 1. The Morgan fingerprint density at radius 3 is 3.05 bits per heavy atom. The van der Waals surface area contributed by atoms with E-state index in [2.05, 4.69) is 10.4 Å². The average Bonchev–Trinajstić information content (AvgIpc) is 3.13. The lowest BCUT2D eigenvalue weighted by Gasteiger charge is -2.09. The minimum Gasteiger partial charge on any atom is -0.467 e. The van der Waals surface area contributed by atoms with Crippen molar-refractivity contribution in [1.29, 1.82) is 0 Å². The Labute approximate surface area is 119 Å².